The summed E-state index contributed by atoms with van der Waals surface area (Å²) in [7, 11) is 0. The average molecular weight is 458 g/mol. The van der Waals surface area contributed by atoms with E-state index in [4.69, 9.17) is 28.8 Å². The van der Waals surface area contributed by atoms with Gasteiger partial charge < -0.3 is 15.1 Å². The monoisotopic (exact) mass is 457 g/mol. The number of hydrogen-bond donors (Lipinski definition) is 2. The minimum atomic E-state index is 0.456. The Morgan fingerprint density at radius 3 is 2.39 bits per heavy atom. The van der Waals surface area contributed by atoms with Crippen LogP contribution in [0.3, 0.4) is 0 Å². The average Bonchev–Trinajstić information content (AvgIpc) is 3.52. The quantitative estimate of drug-likeness (QED) is 0.414. The summed E-state index contributed by atoms with van der Waals surface area (Å²) in [5.41, 5.74) is 4.23. The van der Waals surface area contributed by atoms with E-state index in [9.17, 15) is 0 Å². The molecule has 31 heavy (non-hydrogen) atoms. The Kier molecular flexibility index (Phi) is 6.57. The van der Waals surface area contributed by atoms with Gasteiger partial charge in [0, 0.05) is 54.3 Å². The number of anilines is 2. The van der Waals surface area contributed by atoms with Crippen molar-refractivity contribution in [2.45, 2.75) is 39.7 Å². The lowest BCUT2D eigenvalue weighted by molar-refractivity contribution is 0.385. The second-order valence-electron chi connectivity index (χ2n) is 8.16. The number of nitrogens with one attached hydrogen (secondary N) is 2. The Morgan fingerprint density at radius 2 is 1.74 bits per heavy atom. The highest BCUT2D eigenvalue weighted by Crippen LogP contribution is 2.25. The number of rotatable bonds is 3. The van der Waals surface area contributed by atoms with Crippen LogP contribution >= 0.6 is 23.8 Å². The molecule has 164 valence electrons. The van der Waals surface area contributed by atoms with Crippen molar-refractivity contribution in [2.24, 2.45) is 4.99 Å². The number of thiocarbonyl (C=S) groups is 1. The number of hydrogen-bond acceptors (Lipinski definition) is 4. The van der Waals surface area contributed by atoms with Crippen LogP contribution in [0.2, 0.25) is 5.02 Å². The smallest absolute Gasteiger partial charge is 0.229 e. The summed E-state index contributed by atoms with van der Waals surface area (Å²) in [5.74, 6) is 1.23. The number of aromatic nitrogens is 2. The van der Waals surface area contributed by atoms with E-state index < -0.39 is 0 Å². The molecule has 1 aliphatic carbocycles. The molecule has 1 aromatic heterocycles. The summed E-state index contributed by atoms with van der Waals surface area (Å²) in [4.78, 5) is 18.3. The maximum atomic E-state index is 6.23. The van der Waals surface area contributed by atoms with E-state index in [1.165, 1.54) is 11.3 Å². The molecule has 9 heteroatoms. The van der Waals surface area contributed by atoms with Crippen LogP contribution < -0.4 is 15.5 Å². The van der Waals surface area contributed by atoms with Gasteiger partial charge in [-0.3, -0.25) is 5.32 Å². The third kappa shape index (κ3) is 5.83. The minimum Gasteiger partial charge on any atom is -0.368 e. The van der Waals surface area contributed by atoms with Gasteiger partial charge in [-0.1, -0.05) is 17.7 Å². The van der Waals surface area contributed by atoms with Crippen molar-refractivity contribution in [3.8, 4) is 0 Å². The first-order valence-electron chi connectivity index (χ1n) is 10.6. The molecule has 0 amide bonds. The van der Waals surface area contributed by atoms with Gasteiger partial charge in [-0.25, -0.2) is 9.97 Å². The number of aliphatic imine (C=N–C) groups is 1. The number of guanidine groups is 1. The van der Waals surface area contributed by atoms with Gasteiger partial charge in [-0.2, -0.15) is 4.99 Å². The van der Waals surface area contributed by atoms with Crippen molar-refractivity contribution in [3.63, 3.8) is 0 Å². The number of piperazine rings is 1. The number of benzene rings is 1. The zero-order valence-corrected chi connectivity index (χ0v) is 19.7. The summed E-state index contributed by atoms with van der Waals surface area (Å²) in [5, 5.41) is 7.87. The summed E-state index contributed by atoms with van der Waals surface area (Å²) in [6, 6.07) is 8.45. The Hall–Kier alpha value is -2.45. The fourth-order valence-electron chi connectivity index (χ4n) is 3.67. The van der Waals surface area contributed by atoms with Gasteiger partial charge in [0.25, 0.3) is 0 Å². The highest BCUT2D eigenvalue weighted by Gasteiger charge is 2.25. The predicted molar refractivity (Wildman–Crippen MR) is 131 cm³/mol. The molecule has 1 aliphatic heterocycles. The largest absolute Gasteiger partial charge is 0.368 e. The first-order chi connectivity index (χ1) is 14.9. The van der Waals surface area contributed by atoms with Gasteiger partial charge in [-0.15, -0.1) is 0 Å². The maximum Gasteiger partial charge on any atom is 0.229 e. The lowest BCUT2D eigenvalue weighted by atomic mass is 10.1. The van der Waals surface area contributed by atoms with Crippen molar-refractivity contribution in [1.29, 1.82) is 0 Å². The molecular formula is C22H28ClN7S. The second-order valence-corrected chi connectivity index (χ2v) is 8.99. The molecule has 7 nitrogen and oxygen atoms in total. The second kappa shape index (κ2) is 9.36. The first kappa shape index (κ1) is 21.8. The third-order valence-corrected chi connectivity index (χ3v) is 5.85. The molecular weight excluding hydrogens is 430 g/mol. The number of nitrogens with zero attached hydrogens (tertiary/aromatic N) is 5. The molecule has 4 rings (SSSR count). The molecule has 2 fully saturated rings. The molecule has 1 saturated carbocycles. The van der Waals surface area contributed by atoms with Crippen LogP contribution in [0.1, 0.15) is 29.8 Å². The molecule has 1 saturated heterocycles. The summed E-state index contributed by atoms with van der Waals surface area (Å²) in [6.45, 7) is 9.36. The van der Waals surface area contributed by atoms with E-state index in [2.05, 4.69) is 43.4 Å². The minimum absolute atomic E-state index is 0.456. The van der Waals surface area contributed by atoms with Crippen molar-refractivity contribution < 1.29 is 0 Å². The lowest BCUT2D eigenvalue weighted by Crippen LogP contribution is -2.51. The highest BCUT2D eigenvalue weighted by molar-refractivity contribution is 7.80. The van der Waals surface area contributed by atoms with Crippen LogP contribution in [0.5, 0.6) is 0 Å². The Morgan fingerprint density at radius 1 is 1.06 bits per heavy atom. The fraction of sp³-hybridized carbons (Fsp3) is 0.455. The van der Waals surface area contributed by atoms with Gasteiger partial charge in [0.05, 0.1) is 0 Å². The highest BCUT2D eigenvalue weighted by atomic mass is 35.5. The van der Waals surface area contributed by atoms with Crippen LogP contribution in [0.25, 0.3) is 0 Å². The van der Waals surface area contributed by atoms with E-state index >= 15 is 0 Å². The van der Waals surface area contributed by atoms with E-state index in [-0.39, 0.29) is 0 Å². The van der Waals surface area contributed by atoms with Crippen molar-refractivity contribution in [3.05, 3.63) is 46.2 Å². The summed E-state index contributed by atoms with van der Waals surface area (Å²) < 4.78 is 0. The van der Waals surface area contributed by atoms with Gasteiger partial charge in [0.15, 0.2) is 5.11 Å². The Bertz CT molecular complexity index is 977. The van der Waals surface area contributed by atoms with Crippen LogP contribution in [-0.4, -0.2) is 58.2 Å². The molecule has 0 atom stereocenters. The van der Waals surface area contributed by atoms with Crippen molar-refractivity contribution in [1.82, 2.24) is 20.2 Å². The summed E-state index contributed by atoms with van der Waals surface area (Å²) >= 11 is 11.7. The molecule has 2 aliphatic rings. The molecule has 2 heterocycles. The van der Waals surface area contributed by atoms with E-state index in [1.807, 2.05) is 32.0 Å². The molecule has 0 radical (unpaired) electrons. The first-order valence-corrected chi connectivity index (χ1v) is 11.4. The van der Waals surface area contributed by atoms with Crippen molar-refractivity contribution >= 4 is 46.5 Å². The van der Waals surface area contributed by atoms with Gasteiger partial charge in [0.1, 0.15) is 0 Å². The predicted octanol–water partition coefficient (Wildman–Crippen LogP) is 3.68. The Labute approximate surface area is 193 Å². The SMILES string of the molecule is Cc1cc(C)nc(N/C(=N/C(=S)NC2CC2)N2CCN(c3cc(Cl)ccc3C)CC2)n1. The van der Waals surface area contributed by atoms with Crippen LogP contribution in [0, 0.1) is 20.8 Å². The zero-order valence-electron chi connectivity index (χ0n) is 18.2. The van der Waals surface area contributed by atoms with E-state index in [0.717, 1.165) is 55.4 Å². The summed E-state index contributed by atoms with van der Waals surface area (Å²) in [6.07, 6.45) is 2.30. The standard InChI is InChI=1S/C22H28ClN7S/c1-14-4-5-17(23)13-19(14)29-8-10-30(11-9-29)21(28-22(31)26-18-6-7-18)27-20-24-15(2)12-16(3)25-20/h4-5,12-13,18H,6-11H2,1-3H3,(H2,24,25,26,27,28,31). The van der Waals surface area contributed by atoms with Crippen LogP contribution in [-0.2, 0) is 0 Å². The molecule has 0 spiro atoms. The maximum absolute atomic E-state index is 6.23. The lowest BCUT2D eigenvalue weighted by Gasteiger charge is -2.38. The Balaban J connectivity index is 1.50. The number of aryl methyl sites for hydroxylation is 3. The normalized spacial score (nSPS) is 17.0. The molecule has 2 aromatic rings. The van der Waals surface area contributed by atoms with E-state index in [1.54, 1.807) is 0 Å². The van der Waals surface area contributed by atoms with Gasteiger partial charge >= 0.3 is 0 Å². The van der Waals surface area contributed by atoms with Crippen LogP contribution in [0.4, 0.5) is 11.6 Å². The third-order valence-electron chi connectivity index (χ3n) is 5.41. The molecule has 0 bridgehead atoms. The molecule has 2 N–H and O–H groups in total. The fourth-order valence-corrected chi connectivity index (χ4v) is 4.09. The van der Waals surface area contributed by atoms with Crippen LogP contribution in [0.15, 0.2) is 29.3 Å². The van der Waals surface area contributed by atoms with Gasteiger partial charge in [0.2, 0.25) is 11.9 Å². The van der Waals surface area contributed by atoms with Gasteiger partial charge in [-0.05, 0) is 69.6 Å². The molecule has 0 unspecified atom stereocenters. The van der Waals surface area contributed by atoms with E-state index in [0.29, 0.717) is 23.1 Å². The molecule has 1 aromatic carbocycles. The zero-order chi connectivity index (χ0) is 22.0. The number of halogens is 1. The van der Waals surface area contributed by atoms with Crippen molar-refractivity contribution in [2.75, 3.05) is 36.4 Å². The topological polar surface area (TPSA) is 68.7 Å².